The molecule has 0 aliphatic heterocycles. The minimum absolute atomic E-state index is 0.644. The Morgan fingerprint density at radius 2 is 2.15 bits per heavy atom. The number of hydrogen-bond acceptors (Lipinski definition) is 2. The van der Waals surface area contributed by atoms with Crippen molar-refractivity contribution in [3.05, 3.63) is 35.4 Å². The SMILES string of the molecule is Cc1cc(N)cc(/C=C/C(=O)O)c1. The summed E-state index contributed by atoms with van der Waals surface area (Å²) in [4.78, 5) is 10.2. The molecule has 1 aromatic carbocycles. The minimum atomic E-state index is -0.958. The Kier molecular flexibility index (Phi) is 2.69. The lowest BCUT2D eigenvalue weighted by molar-refractivity contribution is -0.131. The van der Waals surface area contributed by atoms with Crippen LogP contribution in [0.2, 0.25) is 0 Å². The van der Waals surface area contributed by atoms with Crippen LogP contribution in [0.3, 0.4) is 0 Å². The van der Waals surface area contributed by atoms with Gasteiger partial charge in [-0.2, -0.15) is 0 Å². The Balaban J connectivity index is 2.95. The van der Waals surface area contributed by atoms with E-state index in [2.05, 4.69) is 0 Å². The predicted molar refractivity (Wildman–Crippen MR) is 52.3 cm³/mol. The Labute approximate surface area is 76.5 Å². The van der Waals surface area contributed by atoms with Gasteiger partial charge in [-0.15, -0.1) is 0 Å². The third kappa shape index (κ3) is 2.99. The maximum atomic E-state index is 10.2. The molecule has 0 aromatic heterocycles. The third-order valence-electron chi connectivity index (χ3n) is 1.54. The van der Waals surface area contributed by atoms with Crippen LogP contribution in [-0.4, -0.2) is 11.1 Å². The van der Waals surface area contributed by atoms with Crippen LogP contribution in [0.5, 0.6) is 0 Å². The molecule has 0 unspecified atom stereocenters. The number of nitrogens with two attached hydrogens (primary N) is 1. The number of rotatable bonds is 2. The number of aliphatic carboxylic acids is 1. The molecule has 0 aliphatic carbocycles. The second-order valence-corrected chi connectivity index (χ2v) is 2.85. The second kappa shape index (κ2) is 3.76. The number of benzene rings is 1. The van der Waals surface area contributed by atoms with Crippen molar-refractivity contribution >= 4 is 17.7 Å². The average molecular weight is 177 g/mol. The maximum Gasteiger partial charge on any atom is 0.328 e. The van der Waals surface area contributed by atoms with Gasteiger partial charge in [-0.3, -0.25) is 0 Å². The van der Waals surface area contributed by atoms with E-state index in [1.807, 2.05) is 19.1 Å². The van der Waals surface area contributed by atoms with Crippen molar-refractivity contribution < 1.29 is 9.90 Å². The van der Waals surface area contributed by atoms with E-state index in [0.717, 1.165) is 17.2 Å². The summed E-state index contributed by atoms with van der Waals surface area (Å²) < 4.78 is 0. The molecular formula is C10H11NO2. The molecule has 1 aromatic rings. The highest BCUT2D eigenvalue weighted by atomic mass is 16.4. The molecule has 0 saturated carbocycles. The van der Waals surface area contributed by atoms with Crippen LogP contribution < -0.4 is 5.73 Å². The quantitative estimate of drug-likeness (QED) is 0.533. The lowest BCUT2D eigenvalue weighted by Gasteiger charge is -1.98. The highest BCUT2D eigenvalue weighted by molar-refractivity contribution is 5.85. The highest BCUT2D eigenvalue weighted by Crippen LogP contribution is 2.12. The fourth-order valence-electron chi connectivity index (χ4n) is 1.11. The second-order valence-electron chi connectivity index (χ2n) is 2.85. The van der Waals surface area contributed by atoms with Crippen LogP contribution >= 0.6 is 0 Å². The van der Waals surface area contributed by atoms with E-state index in [-0.39, 0.29) is 0 Å². The summed E-state index contributed by atoms with van der Waals surface area (Å²) in [6.45, 7) is 1.91. The summed E-state index contributed by atoms with van der Waals surface area (Å²) in [5.41, 5.74) is 8.05. The average Bonchev–Trinajstić information content (AvgIpc) is 1.99. The van der Waals surface area contributed by atoms with Gasteiger partial charge in [0.2, 0.25) is 0 Å². The van der Waals surface area contributed by atoms with E-state index < -0.39 is 5.97 Å². The topological polar surface area (TPSA) is 63.3 Å². The smallest absolute Gasteiger partial charge is 0.328 e. The van der Waals surface area contributed by atoms with Gasteiger partial charge in [-0.25, -0.2) is 4.79 Å². The van der Waals surface area contributed by atoms with Gasteiger partial charge < -0.3 is 10.8 Å². The first-order valence-corrected chi connectivity index (χ1v) is 3.86. The number of carboxylic acid groups (broad SMARTS) is 1. The number of aryl methyl sites for hydroxylation is 1. The molecule has 13 heavy (non-hydrogen) atoms. The van der Waals surface area contributed by atoms with Crippen molar-refractivity contribution in [1.82, 2.24) is 0 Å². The molecule has 0 spiro atoms. The first kappa shape index (κ1) is 9.32. The van der Waals surface area contributed by atoms with Gasteiger partial charge in [0, 0.05) is 11.8 Å². The fraction of sp³-hybridized carbons (Fsp3) is 0.100. The molecule has 0 fully saturated rings. The van der Waals surface area contributed by atoms with Crippen LogP contribution in [0.1, 0.15) is 11.1 Å². The van der Waals surface area contributed by atoms with Gasteiger partial charge >= 0.3 is 5.97 Å². The molecule has 0 saturated heterocycles. The van der Waals surface area contributed by atoms with Gasteiger partial charge in [0.25, 0.3) is 0 Å². The van der Waals surface area contributed by atoms with Crippen LogP contribution in [0.25, 0.3) is 6.08 Å². The van der Waals surface area contributed by atoms with E-state index in [1.165, 1.54) is 6.08 Å². The molecule has 3 N–H and O–H groups in total. The lowest BCUT2D eigenvalue weighted by atomic mass is 10.1. The summed E-state index contributed by atoms with van der Waals surface area (Å²) >= 11 is 0. The Hall–Kier alpha value is -1.77. The van der Waals surface area contributed by atoms with E-state index in [4.69, 9.17) is 10.8 Å². The van der Waals surface area contributed by atoms with Crippen LogP contribution in [-0.2, 0) is 4.79 Å². The first-order chi connectivity index (χ1) is 6.08. The molecule has 0 radical (unpaired) electrons. The van der Waals surface area contributed by atoms with Crippen molar-refractivity contribution in [1.29, 1.82) is 0 Å². The number of carbonyl (C=O) groups is 1. The van der Waals surface area contributed by atoms with Gasteiger partial charge in [-0.05, 0) is 36.3 Å². The summed E-state index contributed by atoms with van der Waals surface area (Å²) in [6.07, 6.45) is 2.61. The van der Waals surface area contributed by atoms with Crippen molar-refractivity contribution in [3.63, 3.8) is 0 Å². The molecule has 0 bridgehead atoms. The lowest BCUT2D eigenvalue weighted by Crippen LogP contribution is -1.89. The zero-order valence-electron chi connectivity index (χ0n) is 7.32. The minimum Gasteiger partial charge on any atom is -0.478 e. The number of anilines is 1. The number of hydrogen-bond donors (Lipinski definition) is 2. The van der Waals surface area contributed by atoms with E-state index in [1.54, 1.807) is 6.07 Å². The van der Waals surface area contributed by atoms with Gasteiger partial charge in [0.1, 0.15) is 0 Å². The van der Waals surface area contributed by atoms with Crippen molar-refractivity contribution in [2.75, 3.05) is 5.73 Å². The van der Waals surface area contributed by atoms with Crippen molar-refractivity contribution in [2.24, 2.45) is 0 Å². The molecule has 3 heteroatoms. The van der Waals surface area contributed by atoms with Crippen LogP contribution in [0, 0.1) is 6.92 Å². The van der Waals surface area contributed by atoms with Crippen molar-refractivity contribution in [3.8, 4) is 0 Å². The summed E-state index contributed by atoms with van der Waals surface area (Å²) in [5.74, 6) is -0.958. The molecule has 0 amide bonds. The van der Waals surface area contributed by atoms with Gasteiger partial charge in [0.05, 0.1) is 0 Å². The molecular weight excluding hydrogens is 166 g/mol. The maximum absolute atomic E-state index is 10.2. The van der Waals surface area contributed by atoms with Crippen molar-refractivity contribution in [2.45, 2.75) is 6.92 Å². The Bertz CT molecular complexity index is 336. The third-order valence-corrected chi connectivity index (χ3v) is 1.54. The Morgan fingerprint density at radius 1 is 1.46 bits per heavy atom. The summed E-state index contributed by atoms with van der Waals surface area (Å²) in [5, 5.41) is 8.40. The first-order valence-electron chi connectivity index (χ1n) is 3.86. The Morgan fingerprint density at radius 3 is 2.69 bits per heavy atom. The van der Waals surface area contributed by atoms with E-state index in [9.17, 15) is 4.79 Å². The molecule has 0 aliphatic rings. The number of carboxylic acids is 1. The summed E-state index contributed by atoms with van der Waals surface area (Å²) in [6, 6.07) is 5.43. The van der Waals surface area contributed by atoms with E-state index in [0.29, 0.717) is 5.69 Å². The zero-order valence-corrected chi connectivity index (χ0v) is 7.32. The van der Waals surface area contributed by atoms with E-state index >= 15 is 0 Å². The molecule has 0 heterocycles. The predicted octanol–water partition coefficient (Wildman–Crippen LogP) is 1.68. The molecule has 68 valence electrons. The standard InChI is InChI=1S/C10H11NO2/c1-7-4-8(2-3-10(12)13)6-9(11)5-7/h2-6H,11H2,1H3,(H,12,13)/b3-2+. The summed E-state index contributed by atoms with van der Waals surface area (Å²) in [7, 11) is 0. The number of nitrogen functional groups attached to an aromatic ring is 1. The van der Waals surface area contributed by atoms with Crippen LogP contribution in [0.4, 0.5) is 5.69 Å². The van der Waals surface area contributed by atoms with Crippen LogP contribution in [0.15, 0.2) is 24.3 Å². The largest absolute Gasteiger partial charge is 0.478 e. The fourth-order valence-corrected chi connectivity index (χ4v) is 1.11. The van der Waals surface area contributed by atoms with Gasteiger partial charge in [0.15, 0.2) is 0 Å². The van der Waals surface area contributed by atoms with Gasteiger partial charge in [-0.1, -0.05) is 6.07 Å². The molecule has 0 atom stereocenters. The normalized spacial score (nSPS) is 10.5. The monoisotopic (exact) mass is 177 g/mol. The highest BCUT2D eigenvalue weighted by Gasteiger charge is 1.93. The zero-order chi connectivity index (χ0) is 9.84. The molecule has 1 rings (SSSR count). The molecule has 3 nitrogen and oxygen atoms in total.